The van der Waals surface area contributed by atoms with Gasteiger partial charge in [0, 0.05) is 20.4 Å². The van der Waals surface area contributed by atoms with Crippen LogP contribution in [0.4, 0.5) is 0 Å². The third-order valence-corrected chi connectivity index (χ3v) is 6.03. The molecular formula is C15H28O5Si. The van der Waals surface area contributed by atoms with E-state index in [1.54, 1.807) is 6.55 Å². The molecule has 1 aliphatic rings. The molecule has 0 amide bonds. The summed E-state index contributed by atoms with van der Waals surface area (Å²) in [7, 11) is -3.28. The Bertz CT molecular complexity index is 366. The molecule has 0 aromatic rings. The predicted molar refractivity (Wildman–Crippen MR) is 81.4 cm³/mol. The Morgan fingerprint density at radius 1 is 1.10 bits per heavy atom. The maximum atomic E-state index is 11.3. The van der Waals surface area contributed by atoms with Gasteiger partial charge < -0.3 is 13.3 Å². The number of carbonyl (C=O) groups excluding carboxylic acids is 2. The van der Waals surface area contributed by atoms with Gasteiger partial charge in [0.05, 0.1) is 6.10 Å². The van der Waals surface area contributed by atoms with Gasteiger partial charge in [-0.1, -0.05) is 27.2 Å². The highest BCUT2D eigenvalue weighted by molar-refractivity contribution is 6.62. The molecule has 122 valence electrons. The van der Waals surface area contributed by atoms with Crippen molar-refractivity contribution in [2.75, 3.05) is 0 Å². The smallest absolute Gasteiger partial charge is 0.465 e. The molecule has 0 N–H and O–H groups in total. The Balaban J connectivity index is 2.87. The van der Waals surface area contributed by atoms with E-state index in [2.05, 4.69) is 20.8 Å². The van der Waals surface area contributed by atoms with Gasteiger partial charge in [0.15, 0.2) is 0 Å². The van der Waals surface area contributed by atoms with Crippen molar-refractivity contribution in [1.29, 1.82) is 0 Å². The Labute approximate surface area is 128 Å². The van der Waals surface area contributed by atoms with Crippen molar-refractivity contribution in [3.05, 3.63) is 0 Å². The van der Waals surface area contributed by atoms with E-state index in [1.165, 1.54) is 20.3 Å². The molecule has 1 aliphatic carbocycles. The molecule has 0 aromatic heterocycles. The predicted octanol–water partition coefficient (Wildman–Crippen LogP) is 3.16. The van der Waals surface area contributed by atoms with Gasteiger partial charge in [0.2, 0.25) is 0 Å². The highest BCUT2D eigenvalue weighted by Gasteiger charge is 2.47. The van der Waals surface area contributed by atoms with Crippen molar-refractivity contribution < 1.29 is 22.9 Å². The maximum absolute atomic E-state index is 11.3. The van der Waals surface area contributed by atoms with E-state index in [0.717, 1.165) is 12.8 Å². The van der Waals surface area contributed by atoms with E-state index >= 15 is 0 Å². The molecule has 0 aliphatic heterocycles. The zero-order valence-electron chi connectivity index (χ0n) is 14.0. The second-order valence-electron chi connectivity index (χ2n) is 6.53. The summed E-state index contributed by atoms with van der Waals surface area (Å²) < 4.78 is 16.6. The molecule has 0 bridgehead atoms. The van der Waals surface area contributed by atoms with E-state index in [-0.39, 0.29) is 6.10 Å². The molecule has 1 saturated carbocycles. The second-order valence-corrected chi connectivity index (χ2v) is 8.90. The first-order valence-electron chi connectivity index (χ1n) is 7.70. The monoisotopic (exact) mass is 316 g/mol. The minimum absolute atomic E-state index is 0.0240. The van der Waals surface area contributed by atoms with Crippen molar-refractivity contribution in [2.24, 2.45) is 17.8 Å². The molecule has 3 atom stereocenters. The molecule has 3 unspecified atom stereocenters. The summed E-state index contributed by atoms with van der Waals surface area (Å²) in [6, 6.07) is 0. The average molecular weight is 316 g/mol. The molecule has 1 fully saturated rings. The largest absolute Gasteiger partial charge is 0.632 e. The van der Waals surface area contributed by atoms with E-state index in [9.17, 15) is 9.59 Å². The normalized spacial score (nSPS) is 26.5. The van der Waals surface area contributed by atoms with Crippen LogP contribution >= 0.6 is 0 Å². The zero-order valence-corrected chi connectivity index (χ0v) is 15.0. The van der Waals surface area contributed by atoms with Crippen molar-refractivity contribution in [3.8, 4) is 0 Å². The van der Waals surface area contributed by atoms with E-state index in [1.807, 2.05) is 0 Å². The molecule has 0 aromatic carbocycles. The van der Waals surface area contributed by atoms with Crippen LogP contribution in [0.3, 0.4) is 0 Å². The first kappa shape index (κ1) is 18.2. The second kappa shape index (κ2) is 7.40. The molecule has 5 nitrogen and oxygen atoms in total. The fraction of sp³-hybridized carbons (Fsp3) is 0.867. The van der Waals surface area contributed by atoms with Gasteiger partial charge in [-0.3, -0.25) is 9.59 Å². The Hall–Kier alpha value is -0.883. The van der Waals surface area contributed by atoms with Crippen molar-refractivity contribution in [2.45, 2.75) is 66.5 Å². The summed E-state index contributed by atoms with van der Waals surface area (Å²) in [6.45, 7) is 10.8. The lowest BCUT2D eigenvalue weighted by Crippen LogP contribution is -2.51. The number of hydrogen-bond acceptors (Lipinski definition) is 5. The summed E-state index contributed by atoms with van der Waals surface area (Å²) in [6.07, 6.45) is 3.16. The van der Waals surface area contributed by atoms with Crippen molar-refractivity contribution in [1.82, 2.24) is 0 Å². The van der Waals surface area contributed by atoms with Gasteiger partial charge in [0.25, 0.3) is 11.9 Å². The Morgan fingerprint density at radius 3 is 2.05 bits per heavy atom. The lowest BCUT2D eigenvalue weighted by atomic mass is 9.75. The van der Waals surface area contributed by atoms with Crippen LogP contribution in [-0.2, 0) is 22.9 Å². The summed E-state index contributed by atoms with van der Waals surface area (Å²) >= 11 is 0. The third-order valence-electron chi connectivity index (χ3n) is 3.99. The van der Waals surface area contributed by atoms with Crippen LogP contribution in [0.2, 0.25) is 6.55 Å². The van der Waals surface area contributed by atoms with Crippen LogP contribution in [-0.4, -0.2) is 26.8 Å². The fourth-order valence-corrected chi connectivity index (χ4v) is 5.12. The van der Waals surface area contributed by atoms with Gasteiger partial charge in [-0.05, 0) is 30.6 Å². The average Bonchev–Trinajstić information content (AvgIpc) is 2.24. The van der Waals surface area contributed by atoms with Gasteiger partial charge in [0.1, 0.15) is 0 Å². The summed E-state index contributed by atoms with van der Waals surface area (Å²) in [5.41, 5.74) is 0. The molecule has 0 radical (unpaired) electrons. The molecule has 21 heavy (non-hydrogen) atoms. The quantitative estimate of drug-likeness (QED) is 0.729. The minimum atomic E-state index is -3.28. The van der Waals surface area contributed by atoms with E-state index < -0.39 is 20.7 Å². The van der Waals surface area contributed by atoms with E-state index in [4.69, 9.17) is 13.3 Å². The molecule has 6 heteroatoms. The standard InChI is InChI=1S/C15H28O5Si/c1-10(2)14-8-7-11(3)9-15(14)20-21(6,18-12(4)16)19-13(5)17/h10-11,14-15H,7-9H2,1-6H3. The van der Waals surface area contributed by atoms with Crippen LogP contribution in [0.15, 0.2) is 0 Å². The Kier molecular flexibility index (Phi) is 6.40. The van der Waals surface area contributed by atoms with Crippen LogP contribution in [0, 0.1) is 17.8 Å². The summed E-state index contributed by atoms with van der Waals surface area (Å²) in [5.74, 6) is 0.498. The van der Waals surface area contributed by atoms with Crippen molar-refractivity contribution in [3.63, 3.8) is 0 Å². The molecule has 0 spiro atoms. The Morgan fingerprint density at radius 2 is 1.62 bits per heavy atom. The van der Waals surface area contributed by atoms with E-state index in [0.29, 0.717) is 17.8 Å². The minimum Gasteiger partial charge on any atom is -0.465 e. The van der Waals surface area contributed by atoms with Gasteiger partial charge in [-0.25, -0.2) is 0 Å². The number of rotatable bonds is 5. The fourth-order valence-electron chi connectivity index (χ4n) is 3.12. The molecule has 0 heterocycles. The molecular weight excluding hydrogens is 288 g/mol. The first-order chi connectivity index (χ1) is 9.63. The SMILES string of the molecule is CC(=O)O[Si](C)(OC(C)=O)OC1CC(C)CCC1C(C)C. The van der Waals surface area contributed by atoms with Crippen LogP contribution < -0.4 is 0 Å². The highest BCUT2D eigenvalue weighted by Crippen LogP contribution is 2.37. The van der Waals surface area contributed by atoms with Crippen LogP contribution in [0.1, 0.15) is 53.9 Å². The summed E-state index contributed by atoms with van der Waals surface area (Å²) in [4.78, 5) is 22.6. The number of hydrogen-bond donors (Lipinski definition) is 0. The highest BCUT2D eigenvalue weighted by atomic mass is 28.4. The van der Waals surface area contributed by atoms with Crippen LogP contribution in [0.25, 0.3) is 0 Å². The molecule has 1 rings (SSSR count). The zero-order chi connectivity index (χ0) is 16.2. The van der Waals surface area contributed by atoms with Gasteiger partial charge in [-0.2, -0.15) is 0 Å². The van der Waals surface area contributed by atoms with Crippen LogP contribution in [0.5, 0.6) is 0 Å². The lowest BCUT2D eigenvalue weighted by Gasteiger charge is -2.40. The van der Waals surface area contributed by atoms with Gasteiger partial charge in [-0.15, -0.1) is 0 Å². The topological polar surface area (TPSA) is 61.8 Å². The third kappa shape index (κ3) is 5.78. The molecule has 0 saturated heterocycles. The maximum Gasteiger partial charge on any atom is 0.632 e. The van der Waals surface area contributed by atoms with Crippen molar-refractivity contribution >= 4 is 20.7 Å². The summed E-state index contributed by atoms with van der Waals surface area (Å²) in [5, 5.41) is 0. The van der Waals surface area contributed by atoms with Gasteiger partial charge >= 0.3 is 8.80 Å². The number of carbonyl (C=O) groups is 2. The lowest BCUT2D eigenvalue weighted by molar-refractivity contribution is -0.145. The first-order valence-corrected chi connectivity index (χ1v) is 9.92.